The van der Waals surface area contributed by atoms with Gasteiger partial charge in [0.1, 0.15) is 5.60 Å². The van der Waals surface area contributed by atoms with Gasteiger partial charge >= 0.3 is 0 Å². The predicted octanol–water partition coefficient (Wildman–Crippen LogP) is 4.56. The van der Waals surface area contributed by atoms with Gasteiger partial charge in [-0.25, -0.2) is 0 Å². The monoisotopic (exact) mass is 271 g/mol. The Hall–Kier alpha value is -1.28. The van der Waals surface area contributed by atoms with Gasteiger partial charge in [-0.05, 0) is 35.5 Å². The van der Waals surface area contributed by atoms with Crippen LogP contribution in [0.4, 0.5) is 0 Å². The molecule has 1 spiro atoms. The topological polar surface area (TPSA) is 21.3 Å². The molecule has 1 aliphatic heterocycles. The van der Waals surface area contributed by atoms with Crippen LogP contribution in [-0.4, -0.2) is 5.60 Å². The van der Waals surface area contributed by atoms with Crippen molar-refractivity contribution in [3.8, 4) is 0 Å². The van der Waals surface area contributed by atoms with Crippen molar-refractivity contribution in [1.29, 1.82) is 0 Å². The summed E-state index contributed by atoms with van der Waals surface area (Å²) in [5.41, 5.74) is 7.04. The van der Waals surface area contributed by atoms with Crippen molar-refractivity contribution in [2.24, 2.45) is 0 Å². The summed E-state index contributed by atoms with van der Waals surface area (Å²) >= 11 is 0. The lowest BCUT2D eigenvalue weighted by Gasteiger charge is -2.29. The molecule has 1 saturated carbocycles. The van der Waals surface area contributed by atoms with Crippen LogP contribution in [0.15, 0.2) is 30.3 Å². The van der Waals surface area contributed by atoms with Crippen LogP contribution in [0.3, 0.4) is 0 Å². The molecule has 1 fully saturated rings. The largest absolute Gasteiger partial charge is 0.266 e. The molecule has 0 aromatic heterocycles. The molecule has 0 bridgehead atoms. The SMILES string of the molecule is CC(C)(C)c1ccc(C2=CC3(CCCCC3)ON2)cc1. The van der Waals surface area contributed by atoms with Crippen molar-refractivity contribution in [3.63, 3.8) is 0 Å². The first kappa shape index (κ1) is 13.7. The Kier molecular flexibility index (Phi) is 3.37. The summed E-state index contributed by atoms with van der Waals surface area (Å²) in [5.74, 6) is 0. The lowest BCUT2D eigenvalue weighted by molar-refractivity contribution is -0.0557. The number of hydroxylamine groups is 1. The third-order valence-corrected chi connectivity index (χ3v) is 4.53. The lowest BCUT2D eigenvalue weighted by atomic mass is 9.84. The fraction of sp³-hybridized carbons (Fsp3) is 0.556. The molecule has 2 heteroatoms. The summed E-state index contributed by atoms with van der Waals surface area (Å²) in [6.07, 6.45) is 8.48. The second-order valence-electron chi connectivity index (χ2n) is 7.21. The fourth-order valence-electron chi connectivity index (χ4n) is 3.17. The molecule has 2 nitrogen and oxygen atoms in total. The molecule has 108 valence electrons. The van der Waals surface area contributed by atoms with E-state index >= 15 is 0 Å². The summed E-state index contributed by atoms with van der Waals surface area (Å²) in [5, 5.41) is 0. The molecule has 1 heterocycles. The summed E-state index contributed by atoms with van der Waals surface area (Å²) in [7, 11) is 0. The highest BCUT2D eigenvalue weighted by Crippen LogP contribution is 2.38. The number of benzene rings is 1. The van der Waals surface area contributed by atoms with Crippen molar-refractivity contribution in [2.45, 2.75) is 63.9 Å². The standard InChI is InChI=1S/C18H25NO/c1-17(2,3)15-9-7-14(8-10-15)16-13-18(20-19-16)11-5-4-6-12-18/h7-10,13,19H,4-6,11-12H2,1-3H3. The Balaban J connectivity index is 1.81. The van der Waals surface area contributed by atoms with Gasteiger partial charge in [0.05, 0.1) is 5.70 Å². The van der Waals surface area contributed by atoms with Gasteiger partial charge in [-0.1, -0.05) is 64.3 Å². The van der Waals surface area contributed by atoms with Crippen LogP contribution in [0.5, 0.6) is 0 Å². The Morgan fingerprint density at radius 3 is 2.25 bits per heavy atom. The zero-order chi connectivity index (χ0) is 14.2. The summed E-state index contributed by atoms with van der Waals surface area (Å²) in [6.45, 7) is 6.74. The summed E-state index contributed by atoms with van der Waals surface area (Å²) in [4.78, 5) is 5.90. The van der Waals surface area contributed by atoms with Gasteiger partial charge in [0.15, 0.2) is 0 Å². The Labute approximate surface area is 122 Å². The van der Waals surface area contributed by atoms with E-state index in [-0.39, 0.29) is 11.0 Å². The molecule has 1 N–H and O–H groups in total. The third kappa shape index (κ3) is 2.62. The zero-order valence-electron chi connectivity index (χ0n) is 12.8. The summed E-state index contributed by atoms with van der Waals surface area (Å²) < 4.78 is 0. The maximum atomic E-state index is 5.90. The highest BCUT2D eigenvalue weighted by atomic mass is 16.7. The first-order valence-electron chi connectivity index (χ1n) is 7.76. The van der Waals surface area contributed by atoms with Crippen molar-refractivity contribution in [3.05, 3.63) is 41.5 Å². The molecule has 3 rings (SSSR count). The van der Waals surface area contributed by atoms with Crippen molar-refractivity contribution >= 4 is 5.70 Å². The van der Waals surface area contributed by atoms with E-state index in [2.05, 4.69) is 56.6 Å². The van der Waals surface area contributed by atoms with Crippen LogP contribution < -0.4 is 5.48 Å². The summed E-state index contributed by atoms with van der Waals surface area (Å²) in [6, 6.07) is 8.85. The quantitative estimate of drug-likeness (QED) is 0.808. The molecule has 0 atom stereocenters. The van der Waals surface area contributed by atoms with Gasteiger partial charge in [-0.15, -0.1) is 0 Å². The van der Waals surface area contributed by atoms with Crippen LogP contribution >= 0.6 is 0 Å². The van der Waals surface area contributed by atoms with E-state index in [1.54, 1.807) is 0 Å². The number of rotatable bonds is 1. The van der Waals surface area contributed by atoms with Gasteiger partial charge in [0.2, 0.25) is 0 Å². The van der Waals surface area contributed by atoms with Gasteiger partial charge in [-0.3, -0.25) is 10.3 Å². The van der Waals surface area contributed by atoms with Crippen molar-refractivity contribution in [2.75, 3.05) is 0 Å². The first-order chi connectivity index (χ1) is 9.49. The number of nitrogens with one attached hydrogen (secondary N) is 1. The van der Waals surface area contributed by atoms with Crippen LogP contribution in [0.25, 0.3) is 5.70 Å². The Morgan fingerprint density at radius 1 is 1.00 bits per heavy atom. The maximum Gasteiger partial charge on any atom is 0.116 e. The Morgan fingerprint density at radius 2 is 1.65 bits per heavy atom. The van der Waals surface area contributed by atoms with Gasteiger partial charge < -0.3 is 0 Å². The third-order valence-electron chi connectivity index (χ3n) is 4.53. The van der Waals surface area contributed by atoms with Crippen LogP contribution in [0, 0.1) is 0 Å². The average Bonchev–Trinajstić information content (AvgIpc) is 2.83. The highest BCUT2D eigenvalue weighted by molar-refractivity contribution is 5.66. The van der Waals surface area contributed by atoms with Crippen LogP contribution in [-0.2, 0) is 10.3 Å². The molecule has 0 radical (unpaired) electrons. The van der Waals surface area contributed by atoms with E-state index in [0.29, 0.717) is 0 Å². The number of hydrogen-bond acceptors (Lipinski definition) is 2. The lowest BCUT2D eigenvalue weighted by Crippen LogP contribution is -2.31. The molecule has 0 unspecified atom stereocenters. The molecule has 1 aromatic carbocycles. The minimum atomic E-state index is -0.0454. The van der Waals surface area contributed by atoms with E-state index in [4.69, 9.17) is 4.84 Å². The van der Waals surface area contributed by atoms with Gasteiger partial charge in [0, 0.05) is 0 Å². The Bertz CT molecular complexity index is 501. The van der Waals surface area contributed by atoms with E-state index < -0.39 is 0 Å². The molecule has 2 aliphatic rings. The molecule has 1 aliphatic carbocycles. The van der Waals surface area contributed by atoms with Crippen LogP contribution in [0.1, 0.15) is 64.0 Å². The second-order valence-corrected chi connectivity index (χ2v) is 7.21. The van der Waals surface area contributed by atoms with Gasteiger partial charge in [-0.2, -0.15) is 0 Å². The van der Waals surface area contributed by atoms with Crippen LogP contribution in [0.2, 0.25) is 0 Å². The minimum absolute atomic E-state index is 0.0454. The number of hydrogen-bond donors (Lipinski definition) is 1. The first-order valence-corrected chi connectivity index (χ1v) is 7.76. The van der Waals surface area contributed by atoms with Crippen molar-refractivity contribution < 1.29 is 4.84 Å². The second kappa shape index (κ2) is 4.92. The molecule has 1 aromatic rings. The normalized spacial score (nSPS) is 21.6. The maximum absolute atomic E-state index is 5.90. The molecular formula is C18H25NO. The van der Waals surface area contributed by atoms with E-state index in [1.807, 2.05) is 0 Å². The molecule has 0 amide bonds. The smallest absolute Gasteiger partial charge is 0.116 e. The molecule has 0 saturated heterocycles. The van der Waals surface area contributed by atoms with Crippen molar-refractivity contribution in [1.82, 2.24) is 5.48 Å². The highest BCUT2D eigenvalue weighted by Gasteiger charge is 2.36. The fourth-order valence-corrected chi connectivity index (χ4v) is 3.17. The molecular weight excluding hydrogens is 246 g/mol. The average molecular weight is 271 g/mol. The van der Waals surface area contributed by atoms with E-state index in [1.165, 1.54) is 30.4 Å². The zero-order valence-corrected chi connectivity index (χ0v) is 12.8. The predicted molar refractivity (Wildman–Crippen MR) is 83.2 cm³/mol. The molecule has 20 heavy (non-hydrogen) atoms. The minimum Gasteiger partial charge on any atom is -0.266 e. The van der Waals surface area contributed by atoms with E-state index in [0.717, 1.165) is 18.5 Å². The van der Waals surface area contributed by atoms with Gasteiger partial charge in [0.25, 0.3) is 0 Å². The van der Waals surface area contributed by atoms with E-state index in [9.17, 15) is 0 Å².